The Labute approximate surface area is 87.0 Å². The van der Waals surface area contributed by atoms with Gasteiger partial charge in [0.05, 0.1) is 0 Å². The zero-order valence-corrected chi connectivity index (χ0v) is 8.06. The van der Waals surface area contributed by atoms with E-state index in [1.165, 1.54) is 0 Å². The van der Waals surface area contributed by atoms with Crippen molar-refractivity contribution in [2.75, 3.05) is 0 Å². The lowest BCUT2D eigenvalue weighted by Crippen LogP contribution is -2.15. The summed E-state index contributed by atoms with van der Waals surface area (Å²) >= 11 is 0. The van der Waals surface area contributed by atoms with Gasteiger partial charge in [-0.15, -0.1) is 0 Å². The molecule has 1 N–H and O–H groups in total. The first-order valence-corrected chi connectivity index (χ1v) is 4.74. The van der Waals surface area contributed by atoms with Gasteiger partial charge in [0.15, 0.2) is 5.78 Å². The fraction of sp³-hybridized carbons (Fsp3) is 0.167. The average molecular weight is 202 g/mol. The number of carboxylic acid groups (broad SMARTS) is 1. The molecule has 76 valence electrons. The van der Waals surface area contributed by atoms with Crippen molar-refractivity contribution in [3.8, 4) is 0 Å². The summed E-state index contributed by atoms with van der Waals surface area (Å²) in [5, 5.41) is 8.60. The van der Waals surface area contributed by atoms with Crippen LogP contribution < -0.4 is 0 Å². The van der Waals surface area contributed by atoms with Crippen LogP contribution in [-0.4, -0.2) is 16.9 Å². The number of Topliss-reactive ketones (excluding diaryl/α,β-unsaturated/α-hetero) is 1. The second-order valence-corrected chi connectivity index (χ2v) is 3.49. The van der Waals surface area contributed by atoms with Gasteiger partial charge in [-0.2, -0.15) is 0 Å². The zero-order valence-electron chi connectivity index (χ0n) is 8.06. The quantitative estimate of drug-likeness (QED) is 0.707. The molecule has 2 rings (SSSR count). The predicted octanol–water partition coefficient (Wildman–Crippen LogP) is 1.83. The first-order valence-electron chi connectivity index (χ1n) is 4.74. The van der Waals surface area contributed by atoms with Crippen molar-refractivity contribution >= 4 is 11.8 Å². The van der Waals surface area contributed by atoms with Gasteiger partial charge in [0.25, 0.3) is 0 Å². The molecule has 1 aromatic carbocycles. The number of aliphatic carboxylic acids is 1. The molecule has 1 aromatic rings. The molecule has 0 fully saturated rings. The van der Waals surface area contributed by atoms with E-state index in [2.05, 4.69) is 0 Å². The lowest BCUT2D eigenvalue weighted by atomic mass is 9.87. The van der Waals surface area contributed by atoms with Gasteiger partial charge in [-0.3, -0.25) is 4.79 Å². The Morgan fingerprint density at radius 3 is 2.73 bits per heavy atom. The predicted molar refractivity (Wildman–Crippen MR) is 54.8 cm³/mol. The van der Waals surface area contributed by atoms with Crippen molar-refractivity contribution in [2.24, 2.45) is 0 Å². The molecule has 0 atom stereocenters. The number of aryl methyl sites for hydroxylation is 1. The van der Waals surface area contributed by atoms with E-state index in [1.54, 1.807) is 12.1 Å². The Morgan fingerprint density at radius 2 is 2.00 bits per heavy atom. The number of carboxylic acids is 1. The molecule has 15 heavy (non-hydrogen) atoms. The van der Waals surface area contributed by atoms with Crippen molar-refractivity contribution in [1.82, 2.24) is 0 Å². The Kier molecular flexibility index (Phi) is 2.37. The smallest absolute Gasteiger partial charge is 0.328 e. The van der Waals surface area contributed by atoms with Gasteiger partial charge in [0.2, 0.25) is 0 Å². The van der Waals surface area contributed by atoms with Crippen molar-refractivity contribution in [3.05, 3.63) is 47.0 Å². The summed E-state index contributed by atoms with van der Waals surface area (Å²) in [6.07, 6.45) is 2.27. The van der Waals surface area contributed by atoms with Crippen LogP contribution in [0.5, 0.6) is 0 Å². The Bertz CT molecular complexity index is 458. The zero-order chi connectivity index (χ0) is 10.8. The third-order valence-electron chi connectivity index (χ3n) is 2.52. The summed E-state index contributed by atoms with van der Waals surface area (Å²) < 4.78 is 0. The molecule has 1 aliphatic carbocycles. The largest absolute Gasteiger partial charge is 0.478 e. The molecule has 0 aliphatic heterocycles. The van der Waals surface area contributed by atoms with Gasteiger partial charge < -0.3 is 5.11 Å². The average Bonchev–Trinajstić information content (AvgIpc) is 2.22. The number of rotatable bonds is 1. The van der Waals surface area contributed by atoms with Crippen LogP contribution in [0.1, 0.15) is 22.3 Å². The second-order valence-electron chi connectivity index (χ2n) is 3.49. The fourth-order valence-electron chi connectivity index (χ4n) is 1.80. The van der Waals surface area contributed by atoms with Crippen LogP contribution in [0.4, 0.5) is 0 Å². The molecule has 0 bridgehead atoms. The number of ketones is 1. The molecule has 0 heterocycles. The minimum Gasteiger partial charge on any atom is -0.478 e. The van der Waals surface area contributed by atoms with E-state index in [0.717, 1.165) is 18.1 Å². The van der Waals surface area contributed by atoms with Crippen molar-refractivity contribution in [1.29, 1.82) is 0 Å². The normalized spacial score (nSPS) is 17.6. The van der Waals surface area contributed by atoms with Gasteiger partial charge in [0.1, 0.15) is 0 Å². The van der Waals surface area contributed by atoms with Crippen molar-refractivity contribution < 1.29 is 14.7 Å². The number of hydrogen-bond donors (Lipinski definition) is 1. The van der Waals surface area contributed by atoms with Crippen LogP contribution in [0.3, 0.4) is 0 Å². The molecule has 3 heteroatoms. The molecule has 3 nitrogen and oxygen atoms in total. The lowest BCUT2D eigenvalue weighted by molar-refractivity contribution is -0.131. The minimum atomic E-state index is -1.06. The number of benzene rings is 1. The van der Waals surface area contributed by atoms with Crippen molar-refractivity contribution in [3.63, 3.8) is 0 Å². The summed E-state index contributed by atoms with van der Waals surface area (Å²) in [6.45, 7) is 0. The summed E-state index contributed by atoms with van der Waals surface area (Å²) in [7, 11) is 0. The molecule has 0 aromatic heterocycles. The van der Waals surface area contributed by atoms with E-state index in [1.807, 2.05) is 12.1 Å². The molecular weight excluding hydrogens is 192 g/mol. The van der Waals surface area contributed by atoms with Crippen LogP contribution in [-0.2, 0) is 11.2 Å². The van der Waals surface area contributed by atoms with E-state index in [4.69, 9.17) is 5.11 Å². The van der Waals surface area contributed by atoms with Crippen LogP contribution in [0.2, 0.25) is 0 Å². The number of hydrogen-bond acceptors (Lipinski definition) is 2. The Balaban J connectivity index is 2.42. The van der Waals surface area contributed by atoms with Gasteiger partial charge in [-0.1, -0.05) is 24.3 Å². The Hall–Kier alpha value is -1.90. The molecule has 0 spiro atoms. The first kappa shape index (κ1) is 9.65. The van der Waals surface area contributed by atoms with Crippen LogP contribution in [0.25, 0.3) is 0 Å². The van der Waals surface area contributed by atoms with E-state index in [0.29, 0.717) is 17.6 Å². The minimum absolute atomic E-state index is 0.153. The molecule has 0 radical (unpaired) electrons. The first-order chi connectivity index (χ1) is 7.18. The number of fused-ring (bicyclic) bond motifs is 1. The monoisotopic (exact) mass is 202 g/mol. The van der Waals surface area contributed by atoms with E-state index >= 15 is 0 Å². The summed E-state index contributed by atoms with van der Waals surface area (Å²) in [5.74, 6) is -1.21. The maximum absolute atomic E-state index is 11.8. The van der Waals surface area contributed by atoms with E-state index in [9.17, 15) is 9.59 Å². The highest BCUT2D eigenvalue weighted by atomic mass is 16.4. The molecule has 0 unspecified atom stereocenters. The topological polar surface area (TPSA) is 54.4 Å². The standard InChI is InChI=1S/C12H10O3/c13-11(14)7-9-6-5-8-3-1-2-4-10(8)12(9)15/h1-4,7H,5-6H2,(H,13,14). The molecule has 0 saturated heterocycles. The second kappa shape index (κ2) is 3.69. The van der Waals surface area contributed by atoms with E-state index in [-0.39, 0.29) is 5.78 Å². The van der Waals surface area contributed by atoms with Crippen LogP contribution >= 0.6 is 0 Å². The maximum atomic E-state index is 11.8. The van der Waals surface area contributed by atoms with Gasteiger partial charge in [-0.25, -0.2) is 4.79 Å². The lowest BCUT2D eigenvalue weighted by Gasteiger charge is -2.16. The third-order valence-corrected chi connectivity index (χ3v) is 2.52. The Morgan fingerprint density at radius 1 is 1.27 bits per heavy atom. The van der Waals surface area contributed by atoms with Gasteiger partial charge >= 0.3 is 5.97 Å². The number of allylic oxidation sites excluding steroid dienone is 1. The maximum Gasteiger partial charge on any atom is 0.328 e. The van der Waals surface area contributed by atoms with Crippen LogP contribution in [0.15, 0.2) is 35.9 Å². The summed E-state index contributed by atoms with van der Waals surface area (Å²) in [6, 6.07) is 7.33. The molecular formula is C12H10O3. The molecule has 0 amide bonds. The SMILES string of the molecule is O=C(O)C=C1CCc2ccccc2C1=O. The molecule has 0 saturated carbocycles. The highest BCUT2D eigenvalue weighted by Gasteiger charge is 2.21. The fourth-order valence-corrected chi connectivity index (χ4v) is 1.80. The summed E-state index contributed by atoms with van der Waals surface area (Å²) in [4.78, 5) is 22.3. The van der Waals surface area contributed by atoms with Gasteiger partial charge in [-0.05, 0) is 18.4 Å². The number of carbonyl (C=O) groups is 2. The van der Waals surface area contributed by atoms with E-state index < -0.39 is 5.97 Å². The summed E-state index contributed by atoms with van der Waals surface area (Å²) in [5.41, 5.74) is 2.03. The van der Waals surface area contributed by atoms with Crippen molar-refractivity contribution in [2.45, 2.75) is 12.8 Å². The highest BCUT2D eigenvalue weighted by Crippen LogP contribution is 2.24. The van der Waals surface area contributed by atoms with Gasteiger partial charge in [0, 0.05) is 17.2 Å². The number of carbonyl (C=O) groups excluding carboxylic acids is 1. The third kappa shape index (κ3) is 1.81. The highest BCUT2D eigenvalue weighted by molar-refractivity contribution is 6.12. The van der Waals surface area contributed by atoms with Crippen LogP contribution in [0, 0.1) is 0 Å². The molecule has 1 aliphatic rings.